The van der Waals surface area contributed by atoms with E-state index in [-0.39, 0.29) is 0 Å². The van der Waals surface area contributed by atoms with E-state index in [9.17, 15) is 0 Å². The van der Waals surface area contributed by atoms with Crippen LogP contribution >= 0.6 is 11.3 Å². The van der Waals surface area contributed by atoms with Crippen molar-refractivity contribution >= 4 is 27.2 Å². The summed E-state index contributed by atoms with van der Waals surface area (Å²) >= 11 is 1.68. The van der Waals surface area contributed by atoms with Crippen LogP contribution in [0.4, 0.5) is 5.69 Å². The van der Waals surface area contributed by atoms with Gasteiger partial charge in [-0.05, 0) is 23.8 Å². The van der Waals surface area contributed by atoms with Crippen molar-refractivity contribution in [3.63, 3.8) is 0 Å². The fraction of sp³-hybridized carbons (Fsp3) is 0.250. The van der Waals surface area contributed by atoms with Crippen molar-refractivity contribution in [2.45, 2.75) is 0 Å². The standard InChI is InChI=1S/C16H14N3OS/c1-3-13(19-5-7-20-8-6-19)4-2-12(1)15-9-14-16(21-15)10-17-11-18-14/h1-4,9,11H,5-8H2. The molecule has 21 heavy (non-hydrogen) atoms. The van der Waals surface area contributed by atoms with E-state index in [4.69, 9.17) is 4.74 Å². The van der Waals surface area contributed by atoms with Crippen LogP contribution in [0.25, 0.3) is 20.7 Å². The highest BCUT2D eigenvalue weighted by Gasteiger charge is 2.11. The fourth-order valence-electron chi connectivity index (χ4n) is 2.54. The summed E-state index contributed by atoms with van der Waals surface area (Å²) in [5, 5.41) is 0. The second-order valence-electron chi connectivity index (χ2n) is 4.96. The van der Waals surface area contributed by atoms with Gasteiger partial charge >= 0.3 is 0 Å². The minimum absolute atomic E-state index is 0.812. The van der Waals surface area contributed by atoms with Gasteiger partial charge in [-0.1, -0.05) is 12.1 Å². The Morgan fingerprint density at radius 3 is 2.71 bits per heavy atom. The lowest BCUT2D eigenvalue weighted by Gasteiger charge is -2.28. The van der Waals surface area contributed by atoms with Gasteiger partial charge in [0, 0.05) is 23.7 Å². The van der Waals surface area contributed by atoms with E-state index >= 15 is 0 Å². The molecule has 1 aliphatic heterocycles. The number of benzene rings is 1. The van der Waals surface area contributed by atoms with Crippen LogP contribution in [0.2, 0.25) is 0 Å². The number of thiophene rings is 1. The molecule has 2 aromatic heterocycles. The van der Waals surface area contributed by atoms with E-state index in [1.165, 1.54) is 16.1 Å². The second-order valence-corrected chi connectivity index (χ2v) is 6.01. The lowest BCUT2D eigenvalue weighted by Crippen LogP contribution is -2.36. The topological polar surface area (TPSA) is 38.2 Å². The van der Waals surface area contributed by atoms with Gasteiger partial charge in [0.15, 0.2) is 0 Å². The van der Waals surface area contributed by atoms with Crippen LogP contribution in [0.3, 0.4) is 0 Å². The zero-order valence-electron chi connectivity index (χ0n) is 11.5. The van der Waals surface area contributed by atoms with Crippen molar-refractivity contribution in [1.82, 2.24) is 9.97 Å². The molecule has 3 aromatic rings. The molecule has 1 radical (unpaired) electrons. The molecule has 0 atom stereocenters. The zero-order chi connectivity index (χ0) is 14.1. The lowest BCUT2D eigenvalue weighted by molar-refractivity contribution is 0.122. The van der Waals surface area contributed by atoms with Crippen molar-refractivity contribution in [3.8, 4) is 10.4 Å². The number of hydrogen-bond donors (Lipinski definition) is 0. The lowest BCUT2D eigenvalue weighted by atomic mass is 10.1. The van der Waals surface area contributed by atoms with Crippen LogP contribution in [-0.4, -0.2) is 36.3 Å². The summed E-state index contributed by atoms with van der Waals surface area (Å²) in [5.74, 6) is 0. The van der Waals surface area contributed by atoms with Gasteiger partial charge in [-0.15, -0.1) is 11.3 Å². The van der Waals surface area contributed by atoms with Crippen LogP contribution in [0.15, 0.2) is 36.7 Å². The molecule has 0 aliphatic carbocycles. The van der Waals surface area contributed by atoms with Crippen LogP contribution in [0.1, 0.15) is 0 Å². The van der Waals surface area contributed by atoms with E-state index in [0.717, 1.165) is 36.5 Å². The van der Waals surface area contributed by atoms with Crippen LogP contribution in [0.5, 0.6) is 0 Å². The predicted molar refractivity (Wildman–Crippen MR) is 84.7 cm³/mol. The molecule has 3 heterocycles. The third kappa shape index (κ3) is 2.50. The van der Waals surface area contributed by atoms with Crippen molar-refractivity contribution < 1.29 is 4.74 Å². The first-order valence-corrected chi connectivity index (χ1v) is 7.77. The van der Waals surface area contributed by atoms with E-state index in [2.05, 4.69) is 51.4 Å². The van der Waals surface area contributed by atoms with Gasteiger partial charge in [0.2, 0.25) is 0 Å². The maximum absolute atomic E-state index is 5.39. The summed E-state index contributed by atoms with van der Waals surface area (Å²) in [4.78, 5) is 11.8. The van der Waals surface area contributed by atoms with Gasteiger partial charge < -0.3 is 9.64 Å². The molecule has 1 aromatic carbocycles. The average molecular weight is 296 g/mol. The van der Waals surface area contributed by atoms with Crippen molar-refractivity contribution in [2.75, 3.05) is 31.2 Å². The highest BCUT2D eigenvalue weighted by molar-refractivity contribution is 7.22. The van der Waals surface area contributed by atoms with Crippen LogP contribution < -0.4 is 4.90 Å². The highest BCUT2D eigenvalue weighted by atomic mass is 32.1. The Morgan fingerprint density at radius 1 is 1.14 bits per heavy atom. The number of ether oxygens (including phenoxy) is 1. The first kappa shape index (κ1) is 12.7. The first-order valence-electron chi connectivity index (χ1n) is 6.95. The molecule has 0 saturated carbocycles. The molecule has 105 valence electrons. The Morgan fingerprint density at radius 2 is 1.95 bits per heavy atom. The van der Waals surface area contributed by atoms with E-state index < -0.39 is 0 Å². The minimum Gasteiger partial charge on any atom is -0.378 e. The summed E-state index contributed by atoms with van der Waals surface area (Å²) in [7, 11) is 0. The summed E-state index contributed by atoms with van der Waals surface area (Å²) in [5.41, 5.74) is 3.43. The van der Waals surface area contributed by atoms with Gasteiger partial charge in [-0.25, -0.2) is 9.97 Å². The van der Waals surface area contributed by atoms with Crippen LogP contribution in [-0.2, 0) is 4.74 Å². The van der Waals surface area contributed by atoms with E-state index in [1.54, 1.807) is 17.7 Å². The molecule has 1 aliphatic rings. The summed E-state index contributed by atoms with van der Waals surface area (Å²) in [6.07, 6.45) is 4.53. The summed E-state index contributed by atoms with van der Waals surface area (Å²) in [6, 6.07) is 10.8. The van der Waals surface area contributed by atoms with Gasteiger partial charge in [-0.3, -0.25) is 0 Å². The Labute approximate surface area is 127 Å². The van der Waals surface area contributed by atoms with Gasteiger partial charge in [0.1, 0.15) is 12.5 Å². The quantitative estimate of drug-likeness (QED) is 0.728. The Hall–Kier alpha value is -1.98. The molecule has 1 saturated heterocycles. The van der Waals surface area contributed by atoms with Crippen molar-refractivity contribution in [2.24, 2.45) is 0 Å². The fourth-order valence-corrected chi connectivity index (χ4v) is 3.50. The molecule has 0 spiro atoms. The summed E-state index contributed by atoms with van der Waals surface area (Å²) in [6.45, 7) is 3.55. The number of fused-ring (bicyclic) bond motifs is 1. The number of rotatable bonds is 2. The van der Waals surface area contributed by atoms with Gasteiger partial charge in [-0.2, -0.15) is 0 Å². The van der Waals surface area contributed by atoms with Gasteiger partial charge in [0.05, 0.1) is 23.4 Å². The Balaban J connectivity index is 1.63. The van der Waals surface area contributed by atoms with Crippen molar-refractivity contribution in [3.05, 3.63) is 42.9 Å². The third-order valence-corrected chi connectivity index (χ3v) is 4.74. The largest absolute Gasteiger partial charge is 0.378 e. The summed E-state index contributed by atoms with van der Waals surface area (Å²) < 4.78 is 6.40. The van der Waals surface area contributed by atoms with E-state index in [0.29, 0.717) is 0 Å². The number of hydrogen-bond acceptors (Lipinski definition) is 5. The molecule has 4 rings (SSSR count). The molecular weight excluding hydrogens is 282 g/mol. The number of nitrogens with zero attached hydrogens (tertiary/aromatic N) is 3. The van der Waals surface area contributed by atoms with Crippen LogP contribution in [0, 0.1) is 6.20 Å². The Kier molecular flexibility index (Phi) is 3.29. The maximum atomic E-state index is 5.39. The SMILES string of the molecule is [c]1ncnc2cc(-c3ccc(N4CCOCC4)cc3)sc12. The third-order valence-electron chi connectivity index (χ3n) is 3.66. The predicted octanol–water partition coefficient (Wildman–Crippen LogP) is 3.00. The smallest absolute Gasteiger partial charge is 0.116 e. The molecule has 4 nitrogen and oxygen atoms in total. The zero-order valence-corrected chi connectivity index (χ0v) is 12.3. The number of morpholine rings is 1. The highest BCUT2D eigenvalue weighted by Crippen LogP contribution is 2.32. The molecule has 5 heteroatoms. The molecular formula is C16H14N3OS. The normalized spacial score (nSPS) is 15.5. The molecule has 1 fully saturated rings. The number of aromatic nitrogens is 2. The monoisotopic (exact) mass is 296 g/mol. The molecule has 0 bridgehead atoms. The molecule has 0 N–H and O–H groups in total. The average Bonchev–Trinajstić information content (AvgIpc) is 3.00. The van der Waals surface area contributed by atoms with E-state index in [1.807, 2.05) is 0 Å². The Bertz CT molecular complexity index is 715. The minimum atomic E-state index is 0.812. The van der Waals surface area contributed by atoms with Gasteiger partial charge in [0.25, 0.3) is 0 Å². The first-order chi connectivity index (χ1) is 10.4. The number of anilines is 1. The second kappa shape index (κ2) is 5.42. The molecule has 0 amide bonds. The molecule has 0 unspecified atom stereocenters. The maximum Gasteiger partial charge on any atom is 0.116 e. The van der Waals surface area contributed by atoms with Crippen molar-refractivity contribution in [1.29, 1.82) is 0 Å².